The Hall–Kier alpha value is -4.78. The van der Waals surface area contributed by atoms with Crippen molar-refractivity contribution in [2.45, 2.75) is 115 Å². The summed E-state index contributed by atoms with van der Waals surface area (Å²) in [5.74, 6) is -0.263. The van der Waals surface area contributed by atoms with Crippen LogP contribution < -0.4 is 15.2 Å². The normalized spacial score (nSPS) is 15.0. The van der Waals surface area contributed by atoms with Crippen molar-refractivity contribution >= 4 is 31.5 Å². The van der Waals surface area contributed by atoms with Gasteiger partial charge in [-0.05, 0) is 161 Å². The van der Waals surface area contributed by atoms with Gasteiger partial charge in [0.2, 0.25) is 20.9 Å². The molecular formula is C39H45N7O6S2. The fourth-order valence-corrected chi connectivity index (χ4v) is 9.62. The molecule has 3 N–H and O–H groups in total. The van der Waals surface area contributed by atoms with Gasteiger partial charge in [-0.2, -0.15) is 0 Å². The van der Waals surface area contributed by atoms with Crippen molar-refractivity contribution in [3.63, 3.8) is 0 Å². The molecule has 4 aliphatic carbocycles. The first-order chi connectivity index (χ1) is 25.6. The first kappa shape index (κ1) is 38.9. The summed E-state index contributed by atoms with van der Waals surface area (Å²) < 4.78 is 52.0. The Kier molecular flexibility index (Phi) is 11.5. The number of rotatable bonds is 6. The van der Waals surface area contributed by atoms with Crippen molar-refractivity contribution in [3.05, 3.63) is 91.5 Å². The summed E-state index contributed by atoms with van der Waals surface area (Å²) in [7, 11) is -7.66. The number of amides is 1. The maximum Gasteiger partial charge on any atom is 0.292 e. The first-order valence-corrected chi connectivity index (χ1v) is 21.4. The SMILES string of the molecule is Cc1cc(C)nc(S(=O)(=O)CC(=O)Nc2c3c(cc4c2CCC4)CCC3)n1.Cc1cc(C)nc(S(N)(=O)=O)n1.N#COc1c2c(cc3c1CCC3)CCC2. The minimum absolute atomic E-state index is 0.279. The van der Waals surface area contributed by atoms with Gasteiger partial charge < -0.3 is 10.1 Å². The van der Waals surface area contributed by atoms with E-state index in [-0.39, 0.29) is 10.3 Å². The second-order valence-corrected chi connectivity index (χ2v) is 17.7. The Morgan fingerprint density at radius 3 is 1.46 bits per heavy atom. The van der Waals surface area contributed by atoms with Gasteiger partial charge in [0.15, 0.2) is 0 Å². The molecule has 0 fully saturated rings. The number of primary sulfonamides is 1. The first-order valence-electron chi connectivity index (χ1n) is 18.2. The number of nitriles is 1. The summed E-state index contributed by atoms with van der Waals surface area (Å²) in [5, 5.41) is 15.9. The number of sulfonamides is 1. The summed E-state index contributed by atoms with van der Waals surface area (Å²) in [4.78, 5) is 28.0. The highest BCUT2D eigenvalue weighted by Crippen LogP contribution is 2.40. The Bertz CT molecular complexity index is 2300. The number of nitrogens with one attached hydrogen (secondary N) is 1. The zero-order chi connectivity index (χ0) is 38.8. The van der Waals surface area contributed by atoms with Gasteiger partial charge in [0.1, 0.15) is 11.5 Å². The second kappa shape index (κ2) is 15.9. The molecule has 2 heterocycles. The smallest absolute Gasteiger partial charge is 0.292 e. The number of benzene rings is 2. The fraction of sp³-hybridized carbons (Fsp3) is 0.436. The molecule has 1 amide bonds. The topological polar surface area (TPSA) is 208 Å². The van der Waals surface area contributed by atoms with Gasteiger partial charge >= 0.3 is 0 Å². The zero-order valence-corrected chi connectivity index (χ0v) is 32.7. The lowest BCUT2D eigenvalue weighted by atomic mass is 9.98. The van der Waals surface area contributed by atoms with Crippen molar-refractivity contribution < 1.29 is 26.4 Å². The van der Waals surface area contributed by atoms with Gasteiger partial charge in [-0.3, -0.25) is 4.79 Å². The maximum atomic E-state index is 12.6. The van der Waals surface area contributed by atoms with Crippen molar-refractivity contribution in [1.82, 2.24) is 19.9 Å². The van der Waals surface area contributed by atoms with Crippen LogP contribution in [0.5, 0.6) is 5.75 Å². The Labute approximate surface area is 316 Å². The quantitative estimate of drug-likeness (QED) is 0.202. The Morgan fingerprint density at radius 2 is 1.06 bits per heavy atom. The van der Waals surface area contributed by atoms with Crippen LogP contribution in [0, 0.1) is 39.2 Å². The minimum Gasteiger partial charge on any atom is -0.387 e. The van der Waals surface area contributed by atoms with E-state index in [1.54, 1.807) is 39.8 Å². The molecule has 8 rings (SSSR count). The van der Waals surface area contributed by atoms with E-state index < -0.39 is 31.5 Å². The number of ether oxygens (including phenoxy) is 1. The van der Waals surface area contributed by atoms with Crippen LogP contribution in [-0.2, 0) is 76.0 Å². The van der Waals surface area contributed by atoms with E-state index in [2.05, 4.69) is 37.4 Å². The number of nitrogens with two attached hydrogens (primary N) is 1. The van der Waals surface area contributed by atoms with Gasteiger partial charge in [-0.15, -0.1) is 5.26 Å². The van der Waals surface area contributed by atoms with Gasteiger partial charge in [0, 0.05) is 28.5 Å². The van der Waals surface area contributed by atoms with Crippen LogP contribution in [0.3, 0.4) is 0 Å². The van der Waals surface area contributed by atoms with E-state index in [4.69, 9.17) is 15.1 Å². The van der Waals surface area contributed by atoms with Crippen LogP contribution in [0.4, 0.5) is 5.69 Å². The third-order valence-electron chi connectivity index (χ3n) is 10.1. The number of sulfone groups is 1. The lowest BCUT2D eigenvalue weighted by molar-refractivity contribution is -0.113. The summed E-state index contributed by atoms with van der Waals surface area (Å²) >= 11 is 0. The summed E-state index contributed by atoms with van der Waals surface area (Å²) in [6, 6.07) is 8.00. The summed E-state index contributed by atoms with van der Waals surface area (Å²) in [6.45, 7) is 6.79. The van der Waals surface area contributed by atoms with Crippen LogP contribution in [0.25, 0.3) is 0 Å². The Balaban J connectivity index is 0.000000154. The van der Waals surface area contributed by atoms with Crippen LogP contribution in [0.15, 0.2) is 34.6 Å². The maximum absolute atomic E-state index is 12.6. The lowest BCUT2D eigenvalue weighted by Gasteiger charge is -2.16. The largest absolute Gasteiger partial charge is 0.387 e. The van der Waals surface area contributed by atoms with Crippen molar-refractivity contribution in [2.24, 2.45) is 5.14 Å². The number of anilines is 1. The highest BCUT2D eigenvalue weighted by Gasteiger charge is 2.28. The molecule has 0 atom stereocenters. The van der Waals surface area contributed by atoms with E-state index in [9.17, 15) is 21.6 Å². The average molecular weight is 772 g/mol. The van der Waals surface area contributed by atoms with Crippen LogP contribution >= 0.6 is 0 Å². The van der Waals surface area contributed by atoms with Gasteiger partial charge in [0.05, 0.1) is 0 Å². The molecule has 4 aromatic rings. The standard InChI is InChI=1S/C20H23N3O3S.C13H13NO.C6H9N3O2S/c1-12-9-13(2)22-20(21-12)27(25,26)11-18(24)23-19-16-7-3-5-14(16)10-15-6-4-8-17(15)19;14-8-15-13-11-5-1-3-9(11)7-10-4-2-6-12(10)13;1-4-3-5(2)9-6(8-4)12(7,10)11/h9-10H,3-8,11H2,1-2H3,(H,23,24);7H,1-6H2;3H,1-2H3,(H2,7,10,11). The number of carbonyl (C=O) groups excluding carboxylic acids is 1. The van der Waals surface area contributed by atoms with E-state index >= 15 is 0 Å². The third-order valence-corrected chi connectivity index (χ3v) is 12.2. The molecule has 0 saturated heterocycles. The molecule has 2 aromatic carbocycles. The minimum atomic E-state index is -3.89. The van der Waals surface area contributed by atoms with Gasteiger partial charge in [0.25, 0.3) is 21.4 Å². The molecule has 0 unspecified atom stereocenters. The fourth-order valence-electron chi connectivity index (χ4n) is 7.97. The van der Waals surface area contributed by atoms with Crippen molar-refractivity contribution in [1.29, 1.82) is 5.26 Å². The van der Waals surface area contributed by atoms with Crippen LogP contribution in [0.2, 0.25) is 0 Å². The average Bonchev–Trinajstić information content (AvgIpc) is 3.91. The highest BCUT2D eigenvalue weighted by atomic mass is 32.2. The van der Waals surface area contributed by atoms with Crippen molar-refractivity contribution in [2.75, 3.05) is 11.1 Å². The number of hydrogen-bond donors (Lipinski definition) is 2. The predicted octanol–water partition coefficient (Wildman–Crippen LogP) is 4.75. The molecule has 0 bridgehead atoms. The lowest BCUT2D eigenvalue weighted by Crippen LogP contribution is -2.25. The molecule has 0 saturated carbocycles. The molecule has 0 spiro atoms. The van der Waals surface area contributed by atoms with E-state index in [0.717, 1.165) is 75.6 Å². The molecule has 4 aliphatic rings. The number of hydrogen-bond acceptors (Lipinski definition) is 11. The predicted molar refractivity (Wildman–Crippen MR) is 202 cm³/mol. The van der Waals surface area contributed by atoms with E-state index in [1.165, 1.54) is 57.3 Å². The van der Waals surface area contributed by atoms with Crippen LogP contribution in [0.1, 0.15) is 93.0 Å². The summed E-state index contributed by atoms with van der Waals surface area (Å²) in [6.07, 6.45) is 14.8. The molecule has 15 heteroatoms. The Morgan fingerprint density at radius 1 is 0.667 bits per heavy atom. The van der Waals surface area contributed by atoms with Gasteiger partial charge in [-0.25, -0.2) is 41.9 Å². The second-order valence-electron chi connectivity index (χ2n) is 14.3. The highest BCUT2D eigenvalue weighted by molar-refractivity contribution is 7.92. The number of aromatic nitrogens is 4. The molecule has 54 heavy (non-hydrogen) atoms. The molecule has 2 aromatic heterocycles. The molecular weight excluding hydrogens is 727 g/mol. The third kappa shape index (κ3) is 8.77. The number of nitrogens with zero attached hydrogens (tertiary/aromatic N) is 5. The number of fused-ring (bicyclic) bond motifs is 4. The van der Waals surface area contributed by atoms with Crippen molar-refractivity contribution in [3.8, 4) is 12.0 Å². The molecule has 0 radical (unpaired) electrons. The van der Waals surface area contributed by atoms with E-state index in [0.29, 0.717) is 22.8 Å². The van der Waals surface area contributed by atoms with Gasteiger partial charge in [-0.1, -0.05) is 12.1 Å². The van der Waals surface area contributed by atoms with E-state index in [1.807, 2.05) is 6.26 Å². The molecule has 13 nitrogen and oxygen atoms in total. The zero-order valence-electron chi connectivity index (χ0n) is 31.1. The number of aryl methyl sites for hydroxylation is 8. The number of carbonyl (C=O) groups is 1. The van der Waals surface area contributed by atoms with Crippen LogP contribution in [-0.4, -0.2) is 48.4 Å². The molecule has 0 aliphatic heterocycles. The molecule has 284 valence electrons. The monoisotopic (exact) mass is 771 g/mol. The summed E-state index contributed by atoms with van der Waals surface area (Å²) in [5.41, 5.74) is 13.6.